The minimum absolute atomic E-state index is 0.0865. The van der Waals surface area contributed by atoms with Crippen LogP contribution in [0.1, 0.15) is 53.0 Å². The molecular formula is C16H24O4. The van der Waals surface area contributed by atoms with Crippen LogP contribution in [0, 0.1) is 5.41 Å². The van der Waals surface area contributed by atoms with Gasteiger partial charge in [-0.1, -0.05) is 51.1 Å². The van der Waals surface area contributed by atoms with Crippen molar-refractivity contribution in [2.24, 2.45) is 5.41 Å². The Morgan fingerprint density at radius 3 is 2.20 bits per heavy atom. The van der Waals surface area contributed by atoms with E-state index in [4.69, 9.17) is 4.89 Å². The highest BCUT2D eigenvalue weighted by Crippen LogP contribution is 2.25. The molecule has 0 aliphatic heterocycles. The predicted molar refractivity (Wildman–Crippen MR) is 76.4 cm³/mol. The van der Waals surface area contributed by atoms with Gasteiger partial charge in [0.2, 0.25) is 0 Å². The van der Waals surface area contributed by atoms with Gasteiger partial charge in [-0.3, -0.25) is 4.89 Å². The highest BCUT2D eigenvalue weighted by molar-refractivity contribution is 5.68. The molecule has 1 aromatic carbocycles. The molecule has 0 spiro atoms. The predicted octanol–water partition coefficient (Wildman–Crippen LogP) is 4.15. The van der Waals surface area contributed by atoms with E-state index in [1.807, 2.05) is 44.2 Å². The molecule has 0 aliphatic rings. The minimum Gasteiger partial charge on any atom is -0.269 e. The molecule has 112 valence electrons. The number of hydrogen-bond donors (Lipinski definition) is 0. The summed E-state index contributed by atoms with van der Waals surface area (Å²) in [5.74, 6) is -0.427. The van der Waals surface area contributed by atoms with Crippen LogP contribution in [0.25, 0.3) is 0 Å². The van der Waals surface area contributed by atoms with E-state index in [0.717, 1.165) is 12.0 Å². The van der Waals surface area contributed by atoms with Gasteiger partial charge in [0, 0.05) is 6.42 Å². The summed E-state index contributed by atoms with van der Waals surface area (Å²) in [6.45, 7) is 9.87. The summed E-state index contributed by atoms with van der Waals surface area (Å²) >= 11 is 0. The van der Waals surface area contributed by atoms with E-state index in [0.29, 0.717) is 6.42 Å². The number of hydrogen-bond acceptors (Lipinski definition) is 4. The van der Waals surface area contributed by atoms with Crippen molar-refractivity contribution in [3.05, 3.63) is 35.9 Å². The molecule has 0 saturated heterocycles. The van der Waals surface area contributed by atoms with Crippen molar-refractivity contribution >= 4 is 5.97 Å². The van der Waals surface area contributed by atoms with Gasteiger partial charge in [-0.15, -0.1) is 0 Å². The van der Waals surface area contributed by atoms with Crippen LogP contribution in [0.3, 0.4) is 0 Å². The summed E-state index contributed by atoms with van der Waals surface area (Å²) in [6.07, 6.45) is 1.04. The summed E-state index contributed by atoms with van der Waals surface area (Å²) in [4.78, 5) is 21.3. The van der Waals surface area contributed by atoms with E-state index in [1.54, 1.807) is 0 Å². The highest BCUT2D eigenvalue weighted by atomic mass is 17.5. The zero-order valence-corrected chi connectivity index (χ0v) is 12.9. The van der Waals surface area contributed by atoms with Crippen molar-refractivity contribution in [3.63, 3.8) is 0 Å². The normalized spacial score (nSPS) is 12.2. The monoisotopic (exact) mass is 280 g/mol. The fourth-order valence-corrected chi connectivity index (χ4v) is 1.55. The lowest BCUT2D eigenvalue weighted by atomic mass is 9.91. The number of benzene rings is 1. The molecule has 0 bridgehead atoms. The van der Waals surface area contributed by atoms with Crippen molar-refractivity contribution in [2.45, 2.75) is 53.1 Å². The average molecular weight is 280 g/mol. The van der Waals surface area contributed by atoms with Gasteiger partial charge in [0.05, 0.1) is 0 Å². The molecule has 0 radical (unpaired) electrons. The van der Waals surface area contributed by atoms with Crippen LogP contribution in [0.5, 0.6) is 0 Å². The van der Waals surface area contributed by atoms with Crippen molar-refractivity contribution in [3.8, 4) is 0 Å². The van der Waals surface area contributed by atoms with Gasteiger partial charge in [0.1, 0.15) is 5.60 Å². The van der Waals surface area contributed by atoms with E-state index < -0.39 is 11.6 Å². The van der Waals surface area contributed by atoms with Crippen molar-refractivity contribution in [1.82, 2.24) is 0 Å². The first kappa shape index (κ1) is 16.7. The van der Waals surface area contributed by atoms with E-state index in [-0.39, 0.29) is 5.41 Å². The standard InChI is InChI=1S/C16H24O4/c1-15(2,3)12-11-14(17)18-20-19-16(4,5)13-9-7-6-8-10-13/h6-10H,11-12H2,1-5H3. The molecule has 0 aliphatic carbocycles. The molecule has 0 amide bonds. The maximum atomic E-state index is 11.5. The summed E-state index contributed by atoms with van der Waals surface area (Å²) in [5.41, 5.74) is 0.333. The van der Waals surface area contributed by atoms with Gasteiger partial charge in [0.25, 0.3) is 0 Å². The van der Waals surface area contributed by atoms with E-state index in [2.05, 4.69) is 30.7 Å². The van der Waals surface area contributed by atoms with Crippen LogP contribution in [0.2, 0.25) is 0 Å². The summed E-state index contributed by atoms with van der Waals surface area (Å²) < 4.78 is 0. The molecule has 4 nitrogen and oxygen atoms in total. The Morgan fingerprint density at radius 1 is 1.05 bits per heavy atom. The Labute approximate surface area is 120 Å². The van der Waals surface area contributed by atoms with Crippen LogP contribution in [0.15, 0.2) is 30.3 Å². The van der Waals surface area contributed by atoms with Crippen LogP contribution >= 0.6 is 0 Å². The highest BCUT2D eigenvalue weighted by Gasteiger charge is 2.24. The molecule has 0 saturated carbocycles. The third kappa shape index (κ3) is 6.17. The van der Waals surface area contributed by atoms with Crippen LogP contribution < -0.4 is 0 Å². The number of rotatable bonds is 6. The van der Waals surface area contributed by atoms with Gasteiger partial charge in [-0.2, -0.15) is 4.89 Å². The van der Waals surface area contributed by atoms with Crippen LogP contribution in [-0.4, -0.2) is 5.97 Å². The van der Waals surface area contributed by atoms with Gasteiger partial charge in [0.15, 0.2) is 0 Å². The molecule has 1 aromatic rings. The van der Waals surface area contributed by atoms with E-state index in [9.17, 15) is 4.79 Å². The maximum Gasteiger partial charge on any atom is 0.345 e. The number of carbonyl (C=O) groups is 1. The Hall–Kier alpha value is -1.39. The van der Waals surface area contributed by atoms with Crippen molar-refractivity contribution in [1.29, 1.82) is 0 Å². The first-order chi connectivity index (χ1) is 9.21. The first-order valence-electron chi connectivity index (χ1n) is 6.81. The van der Waals surface area contributed by atoms with Crippen molar-refractivity contribution < 1.29 is 19.6 Å². The largest absolute Gasteiger partial charge is 0.345 e. The average Bonchev–Trinajstić information content (AvgIpc) is 2.36. The Kier molecular flexibility index (Phi) is 5.72. The lowest BCUT2D eigenvalue weighted by molar-refractivity contribution is -0.520. The van der Waals surface area contributed by atoms with Gasteiger partial charge in [-0.25, -0.2) is 4.79 Å². The second-order valence-electron chi connectivity index (χ2n) is 6.54. The molecule has 4 heteroatoms. The lowest BCUT2D eigenvalue weighted by Gasteiger charge is -2.22. The molecule has 0 fully saturated rings. The maximum absolute atomic E-state index is 11.5. The fraction of sp³-hybridized carbons (Fsp3) is 0.562. The Bertz CT molecular complexity index is 418. The fourth-order valence-electron chi connectivity index (χ4n) is 1.55. The lowest BCUT2D eigenvalue weighted by Crippen LogP contribution is -2.23. The van der Waals surface area contributed by atoms with Crippen LogP contribution in [0.4, 0.5) is 0 Å². The van der Waals surface area contributed by atoms with Gasteiger partial charge < -0.3 is 0 Å². The molecule has 0 heterocycles. The summed E-state index contributed by atoms with van der Waals surface area (Å²) in [6, 6.07) is 9.59. The van der Waals surface area contributed by atoms with E-state index in [1.165, 1.54) is 0 Å². The summed E-state index contributed by atoms with van der Waals surface area (Å²) in [5, 5.41) is 4.63. The smallest absolute Gasteiger partial charge is 0.269 e. The number of carbonyl (C=O) groups excluding carboxylic acids is 1. The minimum atomic E-state index is -0.689. The molecular weight excluding hydrogens is 256 g/mol. The second-order valence-corrected chi connectivity index (χ2v) is 6.54. The van der Waals surface area contributed by atoms with Gasteiger partial charge in [-0.05, 0) is 36.3 Å². The Morgan fingerprint density at radius 2 is 1.65 bits per heavy atom. The van der Waals surface area contributed by atoms with Gasteiger partial charge >= 0.3 is 5.97 Å². The molecule has 0 unspecified atom stereocenters. The quantitative estimate of drug-likeness (QED) is 0.580. The van der Waals surface area contributed by atoms with E-state index >= 15 is 0 Å². The second kappa shape index (κ2) is 6.86. The molecule has 0 N–H and O–H groups in total. The molecule has 0 aromatic heterocycles. The zero-order chi connectivity index (χ0) is 15.2. The summed E-state index contributed by atoms with van der Waals surface area (Å²) in [7, 11) is 0. The first-order valence-corrected chi connectivity index (χ1v) is 6.81. The molecule has 0 atom stereocenters. The third-order valence-corrected chi connectivity index (χ3v) is 2.92. The third-order valence-electron chi connectivity index (χ3n) is 2.92. The molecule has 20 heavy (non-hydrogen) atoms. The topological polar surface area (TPSA) is 44.8 Å². The van der Waals surface area contributed by atoms with Crippen LogP contribution in [-0.2, 0) is 25.2 Å². The SMILES string of the molecule is CC(C)(C)CCC(=O)OOOC(C)(C)c1ccccc1. The Balaban J connectivity index is 2.35. The van der Waals surface area contributed by atoms with Crippen molar-refractivity contribution in [2.75, 3.05) is 0 Å². The molecule has 1 rings (SSSR count). The zero-order valence-electron chi connectivity index (χ0n) is 12.9.